The lowest BCUT2D eigenvalue weighted by molar-refractivity contribution is -0.705. The van der Waals surface area contributed by atoms with Crippen LogP contribution in [0.15, 0.2) is 48.5 Å². The van der Waals surface area contributed by atoms with Gasteiger partial charge in [0.1, 0.15) is 11.7 Å². The number of aromatic nitrogens is 2. The number of nitrogens with zero attached hydrogens (tertiary/aromatic N) is 2. The van der Waals surface area contributed by atoms with Gasteiger partial charge in [0, 0.05) is 12.8 Å². The predicted octanol–water partition coefficient (Wildman–Crippen LogP) is 6.81. The lowest BCUT2D eigenvalue weighted by atomic mass is 9.84. The Morgan fingerprint density at radius 2 is 1.53 bits per heavy atom. The quantitative estimate of drug-likeness (QED) is 0.428. The minimum atomic E-state index is -0.724. The van der Waals surface area contributed by atoms with Crippen LogP contribution in [0.25, 0.3) is 23.2 Å². The highest BCUT2D eigenvalue weighted by molar-refractivity contribution is 5.68. The van der Waals surface area contributed by atoms with Gasteiger partial charge in [-0.15, -0.1) is 0 Å². The van der Waals surface area contributed by atoms with Crippen LogP contribution in [-0.2, 0) is 0 Å². The molecule has 1 unspecified atom stereocenters. The number of imidazole rings is 1. The van der Waals surface area contributed by atoms with Gasteiger partial charge in [0.15, 0.2) is 11.4 Å². The molecule has 0 N–H and O–H groups in total. The molecule has 1 saturated carbocycles. The Morgan fingerprint density at radius 1 is 0.867 bits per heavy atom. The summed E-state index contributed by atoms with van der Waals surface area (Å²) in [7, 11) is 0. The van der Waals surface area contributed by atoms with Crippen molar-refractivity contribution >= 4 is 6.08 Å². The van der Waals surface area contributed by atoms with Crippen LogP contribution in [0.3, 0.4) is 0 Å². The molecule has 2 heteroatoms. The number of rotatable bonds is 3. The number of hydrogen-bond donors (Lipinski definition) is 0. The lowest BCUT2D eigenvalue weighted by Crippen LogP contribution is -2.44. The Labute approximate surface area is 182 Å². The molecule has 2 aliphatic rings. The van der Waals surface area contributed by atoms with E-state index < -0.39 is 6.02 Å². The van der Waals surface area contributed by atoms with E-state index in [2.05, 4.69) is 91.4 Å². The van der Waals surface area contributed by atoms with Gasteiger partial charge >= 0.3 is 0 Å². The van der Waals surface area contributed by atoms with Crippen molar-refractivity contribution in [1.29, 1.82) is 0 Å². The molecule has 3 aromatic rings. The van der Waals surface area contributed by atoms with Gasteiger partial charge in [-0.3, -0.25) is 0 Å². The van der Waals surface area contributed by atoms with Crippen molar-refractivity contribution in [3.63, 3.8) is 0 Å². The van der Waals surface area contributed by atoms with Gasteiger partial charge in [-0.2, -0.15) is 4.57 Å². The van der Waals surface area contributed by atoms with Crippen LogP contribution >= 0.6 is 0 Å². The SMILES string of the molecule is [2H]C1(C2CCCCC2)C=Cc2c(C)n(-c3ccccc3C)c(-c3c(C)cccc3C)[n+]21. The maximum atomic E-state index is 9.78. The second kappa shape index (κ2) is 7.58. The average Bonchev–Trinajstić information content (AvgIpc) is 3.26. The van der Waals surface area contributed by atoms with E-state index in [1.807, 2.05) is 0 Å². The summed E-state index contributed by atoms with van der Waals surface area (Å²) < 4.78 is 14.6. The number of para-hydroxylation sites is 1. The minimum absolute atomic E-state index is 0.360. The summed E-state index contributed by atoms with van der Waals surface area (Å²) in [5.74, 6) is 1.52. The summed E-state index contributed by atoms with van der Waals surface area (Å²) in [6.45, 7) is 8.80. The monoisotopic (exact) mass is 398 g/mol. The lowest BCUT2D eigenvalue weighted by Gasteiger charge is -2.26. The van der Waals surface area contributed by atoms with Crippen molar-refractivity contribution in [3.8, 4) is 17.1 Å². The molecule has 2 heterocycles. The second-order valence-corrected chi connectivity index (χ2v) is 9.11. The molecule has 0 bridgehead atoms. The Kier molecular flexibility index (Phi) is 4.59. The molecular weight excluding hydrogens is 364 g/mol. The van der Waals surface area contributed by atoms with E-state index in [0.717, 1.165) is 18.7 Å². The molecule has 1 aliphatic carbocycles. The Hall–Kier alpha value is -2.61. The molecule has 1 aromatic heterocycles. The van der Waals surface area contributed by atoms with Gasteiger partial charge in [0.2, 0.25) is 0 Å². The fourth-order valence-electron chi connectivity index (χ4n) is 5.56. The minimum Gasteiger partial charge on any atom is -0.216 e. The first-order valence-electron chi connectivity index (χ1n) is 11.9. The average molecular weight is 399 g/mol. The van der Waals surface area contributed by atoms with Crippen LogP contribution in [0.5, 0.6) is 0 Å². The van der Waals surface area contributed by atoms with E-state index in [0.29, 0.717) is 5.92 Å². The normalized spacial score (nSPS) is 21.7. The highest BCUT2D eigenvalue weighted by Gasteiger charge is 2.40. The van der Waals surface area contributed by atoms with E-state index in [9.17, 15) is 1.37 Å². The Bertz CT molecular complexity index is 1160. The maximum absolute atomic E-state index is 9.78. The number of allylic oxidation sites excluding steroid dienone is 1. The molecule has 1 atom stereocenters. The molecule has 1 fully saturated rings. The maximum Gasteiger partial charge on any atom is 0.295 e. The van der Waals surface area contributed by atoms with Crippen LogP contribution in [0.1, 0.15) is 67.6 Å². The number of benzene rings is 2. The smallest absolute Gasteiger partial charge is 0.216 e. The highest BCUT2D eigenvalue weighted by atomic mass is 15.2. The molecule has 0 spiro atoms. The predicted molar refractivity (Wildman–Crippen MR) is 125 cm³/mol. The molecule has 0 amide bonds. The molecule has 30 heavy (non-hydrogen) atoms. The van der Waals surface area contributed by atoms with E-state index in [1.165, 1.54) is 58.6 Å². The zero-order valence-corrected chi connectivity index (χ0v) is 18.7. The van der Waals surface area contributed by atoms with Crippen LogP contribution in [0, 0.1) is 33.6 Å². The topological polar surface area (TPSA) is 8.81 Å². The first kappa shape index (κ1) is 18.2. The summed E-state index contributed by atoms with van der Waals surface area (Å²) in [5, 5.41) is 0. The zero-order valence-electron chi connectivity index (χ0n) is 19.7. The van der Waals surface area contributed by atoms with E-state index in [-0.39, 0.29) is 0 Å². The Balaban J connectivity index is 1.86. The van der Waals surface area contributed by atoms with Gasteiger partial charge < -0.3 is 0 Å². The number of hydrogen-bond acceptors (Lipinski definition) is 0. The second-order valence-electron chi connectivity index (χ2n) is 9.11. The molecular formula is C28H33N2+. The fraction of sp³-hybridized carbons (Fsp3) is 0.393. The van der Waals surface area contributed by atoms with Crippen molar-refractivity contribution in [2.24, 2.45) is 5.92 Å². The molecule has 154 valence electrons. The molecule has 0 saturated heterocycles. The molecule has 1 aliphatic heterocycles. The van der Waals surface area contributed by atoms with Gasteiger partial charge in [-0.05, 0) is 68.5 Å². The van der Waals surface area contributed by atoms with Gasteiger partial charge in [-0.25, -0.2) is 4.57 Å². The molecule has 0 radical (unpaired) electrons. The van der Waals surface area contributed by atoms with Gasteiger partial charge in [0.25, 0.3) is 5.82 Å². The van der Waals surface area contributed by atoms with E-state index in [4.69, 9.17) is 0 Å². The van der Waals surface area contributed by atoms with Gasteiger partial charge in [-0.1, -0.05) is 55.7 Å². The number of fused-ring (bicyclic) bond motifs is 1. The first-order chi connectivity index (χ1) is 14.9. The van der Waals surface area contributed by atoms with Gasteiger partial charge in [0.05, 0.1) is 6.93 Å². The van der Waals surface area contributed by atoms with Crippen molar-refractivity contribution in [2.75, 3.05) is 0 Å². The molecule has 5 rings (SSSR count). The van der Waals surface area contributed by atoms with Crippen molar-refractivity contribution in [3.05, 3.63) is 76.6 Å². The standard InChI is InChI=1S/C28H33N2/c1-19-11-8-9-16-24(19)29-22(4)25-17-18-26(23-14-6-5-7-15-23)30(25)28(29)27-20(2)12-10-13-21(27)3/h8-13,16-18,23,26H,5-7,14-15H2,1-4H3/q+1/i26D. The molecule has 2 nitrogen and oxygen atoms in total. The zero-order chi connectivity index (χ0) is 21.8. The summed E-state index contributed by atoms with van der Waals surface area (Å²) in [6.07, 6.45) is 10.5. The van der Waals surface area contributed by atoms with Crippen molar-refractivity contribution in [2.45, 2.75) is 65.8 Å². The summed E-state index contributed by atoms with van der Waals surface area (Å²) >= 11 is 0. The van der Waals surface area contributed by atoms with Crippen LogP contribution in [0.4, 0.5) is 0 Å². The summed E-state index contributed by atoms with van der Waals surface area (Å²) in [4.78, 5) is 0. The first-order valence-corrected chi connectivity index (χ1v) is 11.4. The van der Waals surface area contributed by atoms with Crippen LogP contribution in [0.2, 0.25) is 0 Å². The third-order valence-corrected chi connectivity index (χ3v) is 7.13. The fourth-order valence-corrected chi connectivity index (χ4v) is 5.56. The third-order valence-electron chi connectivity index (χ3n) is 7.13. The molecule has 2 aromatic carbocycles. The summed E-state index contributed by atoms with van der Waals surface area (Å²) in [5.41, 5.74) is 8.65. The van der Waals surface area contributed by atoms with E-state index in [1.54, 1.807) is 0 Å². The van der Waals surface area contributed by atoms with Crippen LogP contribution < -0.4 is 4.57 Å². The van der Waals surface area contributed by atoms with Crippen molar-refractivity contribution < 1.29 is 5.94 Å². The van der Waals surface area contributed by atoms with E-state index >= 15 is 0 Å². The Morgan fingerprint density at radius 3 is 2.23 bits per heavy atom. The highest BCUT2D eigenvalue weighted by Crippen LogP contribution is 2.39. The van der Waals surface area contributed by atoms with Crippen LogP contribution in [-0.4, -0.2) is 4.57 Å². The summed E-state index contributed by atoms with van der Waals surface area (Å²) in [6, 6.07) is 14.4. The van der Waals surface area contributed by atoms with Crippen molar-refractivity contribution in [1.82, 2.24) is 4.57 Å². The largest absolute Gasteiger partial charge is 0.295 e. The number of aryl methyl sites for hydroxylation is 3. The third kappa shape index (κ3) is 2.96.